The highest BCUT2D eigenvalue weighted by molar-refractivity contribution is 6.30. The molecule has 2 atom stereocenters. The Labute approximate surface area is 204 Å². The van der Waals surface area contributed by atoms with Crippen LogP contribution in [0.15, 0.2) is 78.9 Å². The number of carbonyl (C=O) groups excluding carboxylic acids is 2. The van der Waals surface area contributed by atoms with Gasteiger partial charge in [-0.2, -0.15) is 0 Å². The first kappa shape index (κ1) is 22.6. The Hall–Kier alpha value is -3.15. The Morgan fingerprint density at radius 3 is 2.41 bits per heavy atom. The van der Waals surface area contributed by atoms with Gasteiger partial charge in [-0.3, -0.25) is 9.59 Å². The average molecular weight is 475 g/mol. The minimum atomic E-state index is -0.0560. The monoisotopic (exact) mass is 474 g/mol. The van der Waals surface area contributed by atoms with Gasteiger partial charge in [-0.25, -0.2) is 0 Å². The van der Waals surface area contributed by atoms with Crippen molar-refractivity contribution in [3.63, 3.8) is 0 Å². The lowest BCUT2D eigenvalue weighted by Gasteiger charge is -2.27. The maximum atomic E-state index is 13.6. The van der Waals surface area contributed by atoms with E-state index in [9.17, 15) is 9.59 Å². The summed E-state index contributed by atoms with van der Waals surface area (Å²) in [6, 6.07) is 25.1. The molecule has 0 unspecified atom stereocenters. The highest BCUT2D eigenvalue weighted by atomic mass is 35.5. The summed E-state index contributed by atoms with van der Waals surface area (Å²) in [7, 11) is 0. The molecule has 0 spiro atoms. The van der Waals surface area contributed by atoms with Gasteiger partial charge in [-0.1, -0.05) is 54.1 Å². The van der Waals surface area contributed by atoms with Crippen LogP contribution in [0.2, 0.25) is 5.02 Å². The van der Waals surface area contributed by atoms with Gasteiger partial charge in [-0.15, -0.1) is 0 Å². The van der Waals surface area contributed by atoms with Crippen LogP contribution in [-0.4, -0.2) is 43.0 Å². The van der Waals surface area contributed by atoms with Crippen LogP contribution >= 0.6 is 11.6 Å². The lowest BCUT2D eigenvalue weighted by atomic mass is 10.1. The molecule has 1 saturated heterocycles. The van der Waals surface area contributed by atoms with Gasteiger partial charge < -0.3 is 14.5 Å². The van der Waals surface area contributed by atoms with Crippen molar-refractivity contribution in [2.75, 3.05) is 31.2 Å². The molecule has 1 heterocycles. The number of carbonyl (C=O) groups is 2. The van der Waals surface area contributed by atoms with E-state index in [1.807, 2.05) is 88.7 Å². The third-order valence-electron chi connectivity index (χ3n) is 6.55. The van der Waals surface area contributed by atoms with Gasteiger partial charge in [0, 0.05) is 35.3 Å². The van der Waals surface area contributed by atoms with Gasteiger partial charge in [0.1, 0.15) is 0 Å². The molecule has 5 nitrogen and oxygen atoms in total. The largest absolute Gasteiger partial charge is 0.378 e. The van der Waals surface area contributed by atoms with E-state index in [0.717, 1.165) is 23.2 Å². The zero-order valence-electron chi connectivity index (χ0n) is 18.9. The third kappa shape index (κ3) is 5.01. The van der Waals surface area contributed by atoms with E-state index in [2.05, 4.69) is 0 Å². The summed E-state index contributed by atoms with van der Waals surface area (Å²) < 4.78 is 5.37. The molecule has 34 heavy (non-hydrogen) atoms. The fourth-order valence-electron chi connectivity index (χ4n) is 4.59. The van der Waals surface area contributed by atoms with Crippen molar-refractivity contribution in [3.05, 3.63) is 101 Å². The van der Waals surface area contributed by atoms with Crippen molar-refractivity contribution in [1.82, 2.24) is 4.90 Å². The molecule has 1 saturated carbocycles. The van der Waals surface area contributed by atoms with Gasteiger partial charge in [0.15, 0.2) is 0 Å². The molecule has 0 aromatic heterocycles. The first-order valence-corrected chi connectivity index (χ1v) is 12.1. The number of hydrogen-bond acceptors (Lipinski definition) is 3. The van der Waals surface area contributed by atoms with E-state index in [0.29, 0.717) is 43.4 Å². The number of benzene rings is 3. The Bertz CT molecular complexity index is 1160. The zero-order valence-corrected chi connectivity index (χ0v) is 19.7. The van der Waals surface area contributed by atoms with E-state index in [1.54, 1.807) is 0 Å². The maximum Gasteiger partial charge on any atom is 0.254 e. The first-order valence-electron chi connectivity index (χ1n) is 11.7. The van der Waals surface area contributed by atoms with Gasteiger partial charge in [0.2, 0.25) is 5.91 Å². The number of para-hydroxylation sites is 1. The summed E-state index contributed by atoms with van der Waals surface area (Å²) in [4.78, 5) is 30.3. The molecule has 1 aliphatic carbocycles. The Morgan fingerprint density at radius 1 is 0.941 bits per heavy atom. The normalized spacial score (nSPS) is 19.5. The Morgan fingerprint density at radius 2 is 1.68 bits per heavy atom. The summed E-state index contributed by atoms with van der Waals surface area (Å²) in [5, 5.41) is 0.699. The second-order valence-electron chi connectivity index (χ2n) is 8.87. The number of anilines is 1. The third-order valence-corrected chi connectivity index (χ3v) is 6.80. The summed E-state index contributed by atoms with van der Waals surface area (Å²) in [6.07, 6.45) is 0.833. The molecule has 2 fully saturated rings. The number of nitrogens with zero attached hydrogens (tertiary/aromatic N) is 2. The fourth-order valence-corrected chi connectivity index (χ4v) is 4.71. The van der Waals surface area contributed by atoms with Crippen molar-refractivity contribution in [2.45, 2.75) is 18.9 Å². The number of amides is 2. The minimum absolute atomic E-state index is 0.00716. The predicted octanol–water partition coefficient (Wildman–Crippen LogP) is 5.15. The second-order valence-corrected chi connectivity index (χ2v) is 9.30. The predicted molar refractivity (Wildman–Crippen MR) is 133 cm³/mol. The van der Waals surface area contributed by atoms with Crippen molar-refractivity contribution in [2.24, 2.45) is 5.92 Å². The van der Waals surface area contributed by atoms with Gasteiger partial charge in [-0.05, 0) is 59.9 Å². The van der Waals surface area contributed by atoms with Gasteiger partial charge in [0.05, 0.1) is 19.8 Å². The van der Waals surface area contributed by atoms with E-state index in [4.69, 9.17) is 16.3 Å². The van der Waals surface area contributed by atoms with Crippen LogP contribution in [0, 0.1) is 5.92 Å². The minimum Gasteiger partial charge on any atom is -0.378 e. The summed E-state index contributed by atoms with van der Waals surface area (Å²) in [5.74, 6) is 0.272. The summed E-state index contributed by atoms with van der Waals surface area (Å²) in [6.45, 7) is 2.75. The smallest absolute Gasteiger partial charge is 0.254 e. The lowest BCUT2D eigenvalue weighted by Crippen LogP contribution is -2.40. The van der Waals surface area contributed by atoms with Crippen LogP contribution in [0.5, 0.6) is 0 Å². The Balaban J connectivity index is 1.36. The standard InChI is InChI=1S/C28H27ClN2O3/c29-23-11-9-21(10-12-23)25-18-26(25)28(33)31(24-7-2-1-3-8-24)19-20-5-4-6-22(17-20)27(32)30-13-15-34-16-14-30/h1-12,17,25-26H,13-16,18-19H2/t25-,26+/m0/s1. The van der Waals surface area contributed by atoms with Crippen LogP contribution in [-0.2, 0) is 16.1 Å². The lowest BCUT2D eigenvalue weighted by molar-refractivity contribution is -0.120. The number of hydrogen-bond donors (Lipinski definition) is 0. The SMILES string of the molecule is O=C(c1cccc(CN(C(=O)[C@@H]2C[C@H]2c2ccc(Cl)cc2)c2ccccc2)c1)N1CCOCC1. The molecule has 3 aromatic rings. The van der Waals surface area contributed by atoms with Crippen molar-refractivity contribution < 1.29 is 14.3 Å². The maximum absolute atomic E-state index is 13.6. The van der Waals surface area contributed by atoms with Crippen LogP contribution in [0.4, 0.5) is 5.69 Å². The number of halogens is 1. The molecule has 3 aromatic carbocycles. The van der Waals surface area contributed by atoms with Crippen LogP contribution in [0.3, 0.4) is 0 Å². The van der Waals surface area contributed by atoms with E-state index < -0.39 is 0 Å². The van der Waals surface area contributed by atoms with Crippen molar-refractivity contribution in [1.29, 1.82) is 0 Å². The number of rotatable bonds is 6. The molecule has 2 aliphatic rings. The molecule has 0 N–H and O–H groups in total. The molecule has 0 bridgehead atoms. The zero-order chi connectivity index (χ0) is 23.5. The molecule has 6 heteroatoms. The highest BCUT2D eigenvalue weighted by Gasteiger charge is 2.46. The van der Waals surface area contributed by atoms with E-state index in [-0.39, 0.29) is 23.7 Å². The molecule has 2 amide bonds. The van der Waals surface area contributed by atoms with E-state index in [1.165, 1.54) is 0 Å². The van der Waals surface area contributed by atoms with Crippen LogP contribution in [0.1, 0.15) is 33.8 Å². The first-order chi connectivity index (χ1) is 16.6. The number of morpholine rings is 1. The van der Waals surface area contributed by atoms with Crippen LogP contribution in [0.25, 0.3) is 0 Å². The van der Waals surface area contributed by atoms with Crippen molar-refractivity contribution >= 4 is 29.1 Å². The molecule has 1 aliphatic heterocycles. The van der Waals surface area contributed by atoms with E-state index >= 15 is 0 Å². The number of ether oxygens (including phenoxy) is 1. The molecular formula is C28H27ClN2O3. The van der Waals surface area contributed by atoms with Gasteiger partial charge >= 0.3 is 0 Å². The fraction of sp³-hybridized carbons (Fsp3) is 0.286. The molecule has 174 valence electrons. The quantitative estimate of drug-likeness (QED) is 0.496. The molecule has 0 radical (unpaired) electrons. The molecular weight excluding hydrogens is 448 g/mol. The Kier molecular flexibility index (Phi) is 6.66. The summed E-state index contributed by atoms with van der Waals surface area (Å²) in [5.41, 5.74) is 3.58. The average Bonchev–Trinajstić information content (AvgIpc) is 3.69. The van der Waals surface area contributed by atoms with Crippen molar-refractivity contribution in [3.8, 4) is 0 Å². The topological polar surface area (TPSA) is 49.9 Å². The second kappa shape index (κ2) is 10.00. The van der Waals surface area contributed by atoms with Gasteiger partial charge in [0.25, 0.3) is 5.91 Å². The molecule has 5 rings (SSSR count). The highest BCUT2D eigenvalue weighted by Crippen LogP contribution is 2.49. The van der Waals surface area contributed by atoms with Crippen LogP contribution < -0.4 is 4.90 Å². The summed E-state index contributed by atoms with van der Waals surface area (Å²) >= 11 is 6.03.